The van der Waals surface area contributed by atoms with Gasteiger partial charge in [0.25, 0.3) is 0 Å². The number of nitrogens with one attached hydrogen (secondary N) is 1. The van der Waals surface area contributed by atoms with Crippen LogP contribution in [0.2, 0.25) is 0 Å². The van der Waals surface area contributed by atoms with E-state index in [4.69, 9.17) is 0 Å². The number of carboxylic acids is 1. The fourth-order valence-corrected chi connectivity index (χ4v) is 3.01. The van der Waals surface area contributed by atoms with E-state index < -0.39 is 23.6 Å². The maximum absolute atomic E-state index is 13.0. The van der Waals surface area contributed by atoms with Gasteiger partial charge in [-0.1, -0.05) is 12.8 Å². The first-order chi connectivity index (χ1) is 9.49. The molecule has 0 saturated heterocycles. The summed E-state index contributed by atoms with van der Waals surface area (Å²) < 4.78 is 13.4. The molecule has 2 atom stereocenters. The zero-order chi connectivity index (χ0) is 14.7. The van der Waals surface area contributed by atoms with Crippen molar-refractivity contribution in [3.8, 4) is 0 Å². The molecule has 1 aromatic rings. The Bertz CT molecular complexity index is 535. The first-order valence-corrected chi connectivity index (χ1v) is 7.27. The van der Waals surface area contributed by atoms with Crippen molar-refractivity contribution in [3.63, 3.8) is 0 Å². The first-order valence-electron chi connectivity index (χ1n) is 6.48. The molecule has 0 aliphatic heterocycles. The highest BCUT2D eigenvalue weighted by Crippen LogP contribution is 2.32. The van der Waals surface area contributed by atoms with E-state index in [2.05, 4.69) is 21.2 Å². The van der Waals surface area contributed by atoms with Crippen molar-refractivity contribution in [2.45, 2.75) is 25.7 Å². The monoisotopic (exact) mass is 343 g/mol. The molecule has 0 bridgehead atoms. The zero-order valence-electron chi connectivity index (χ0n) is 10.7. The van der Waals surface area contributed by atoms with Gasteiger partial charge in [-0.25, -0.2) is 4.39 Å². The predicted octanol–water partition coefficient (Wildman–Crippen LogP) is 3.42. The van der Waals surface area contributed by atoms with E-state index >= 15 is 0 Å². The van der Waals surface area contributed by atoms with Crippen LogP contribution in [-0.4, -0.2) is 17.0 Å². The summed E-state index contributed by atoms with van der Waals surface area (Å²) in [4.78, 5) is 23.4. The number of hydrogen-bond acceptors (Lipinski definition) is 2. The molecule has 2 unspecified atom stereocenters. The number of carboxylic acid groups (broad SMARTS) is 1. The average Bonchev–Trinajstić information content (AvgIpc) is 2.41. The third-order valence-electron chi connectivity index (χ3n) is 3.61. The van der Waals surface area contributed by atoms with Crippen LogP contribution in [0.25, 0.3) is 0 Å². The van der Waals surface area contributed by atoms with Gasteiger partial charge in [-0.3, -0.25) is 9.59 Å². The SMILES string of the molecule is O=C(O)C1CCCCC1C(=O)Nc1ccc(F)cc1Br. The van der Waals surface area contributed by atoms with Gasteiger partial charge in [0, 0.05) is 4.47 Å². The Morgan fingerprint density at radius 3 is 2.50 bits per heavy atom. The Hall–Kier alpha value is -1.43. The molecular weight excluding hydrogens is 329 g/mol. The second-order valence-electron chi connectivity index (χ2n) is 4.95. The van der Waals surface area contributed by atoms with Crippen molar-refractivity contribution in [1.29, 1.82) is 0 Å². The average molecular weight is 344 g/mol. The third kappa shape index (κ3) is 3.36. The number of carbonyl (C=O) groups excluding carboxylic acids is 1. The van der Waals surface area contributed by atoms with Crippen LogP contribution in [-0.2, 0) is 9.59 Å². The lowest BCUT2D eigenvalue weighted by Crippen LogP contribution is -2.36. The third-order valence-corrected chi connectivity index (χ3v) is 4.27. The summed E-state index contributed by atoms with van der Waals surface area (Å²) in [6.07, 6.45) is 2.78. The molecule has 0 heterocycles. The summed E-state index contributed by atoms with van der Waals surface area (Å²) in [6, 6.07) is 3.96. The summed E-state index contributed by atoms with van der Waals surface area (Å²) >= 11 is 3.17. The topological polar surface area (TPSA) is 66.4 Å². The first kappa shape index (κ1) is 15.0. The molecule has 1 fully saturated rings. The smallest absolute Gasteiger partial charge is 0.307 e. The van der Waals surface area contributed by atoms with Crippen LogP contribution in [0.3, 0.4) is 0 Å². The number of amides is 1. The second kappa shape index (κ2) is 6.35. The Morgan fingerprint density at radius 1 is 1.25 bits per heavy atom. The fraction of sp³-hybridized carbons (Fsp3) is 0.429. The van der Waals surface area contributed by atoms with Crippen molar-refractivity contribution < 1.29 is 19.1 Å². The van der Waals surface area contributed by atoms with E-state index in [9.17, 15) is 19.1 Å². The highest BCUT2D eigenvalue weighted by atomic mass is 79.9. The largest absolute Gasteiger partial charge is 0.481 e. The molecule has 1 aliphatic rings. The minimum atomic E-state index is -0.928. The molecule has 4 nitrogen and oxygen atoms in total. The van der Waals surface area contributed by atoms with Crippen molar-refractivity contribution >= 4 is 33.5 Å². The van der Waals surface area contributed by atoms with Gasteiger partial charge in [-0.2, -0.15) is 0 Å². The van der Waals surface area contributed by atoms with Crippen LogP contribution in [0, 0.1) is 17.7 Å². The minimum Gasteiger partial charge on any atom is -0.481 e. The van der Waals surface area contributed by atoms with Crippen LogP contribution < -0.4 is 5.32 Å². The number of carbonyl (C=O) groups is 2. The van der Waals surface area contributed by atoms with E-state index in [1.165, 1.54) is 18.2 Å². The molecule has 20 heavy (non-hydrogen) atoms. The van der Waals surface area contributed by atoms with Crippen LogP contribution in [0.4, 0.5) is 10.1 Å². The molecule has 1 aliphatic carbocycles. The second-order valence-corrected chi connectivity index (χ2v) is 5.80. The van der Waals surface area contributed by atoms with E-state index in [1.54, 1.807) is 0 Å². The highest BCUT2D eigenvalue weighted by Gasteiger charge is 2.35. The Balaban J connectivity index is 2.12. The van der Waals surface area contributed by atoms with E-state index in [-0.39, 0.29) is 5.91 Å². The molecular formula is C14H15BrFNO3. The van der Waals surface area contributed by atoms with Crippen LogP contribution >= 0.6 is 15.9 Å². The maximum atomic E-state index is 13.0. The van der Waals surface area contributed by atoms with Gasteiger partial charge in [0.1, 0.15) is 5.82 Å². The van der Waals surface area contributed by atoms with E-state index in [0.29, 0.717) is 23.0 Å². The maximum Gasteiger partial charge on any atom is 0.307 e. The van der Waals surface area contributed by atoms with Gasteiger partial charge < -0.3 is 10.4 Å². The lowest BCUT2D eigenvalue weighted by atomic mass is 9.78. The molecule has 108 valence electrons. The molecule has 2 rings (SSSR count). The summed E-state index contributed by atoms with van der Waals surface area (Å²) in [7, 11) is 0. The normalized spacial score (nSPS) is 22.3. The molecule has 1 aromatic carbocycles. The number of halogens is 2. The highest BCUT2D eigenvalue weighted by molar-refractivity contribution is 9.10. The van der Waals surface area contributed by atoms with Crippen molar-refractivity contribution in [1.82, 2.24) is 0 Å². The lowest BCUT2D eigenvalue weighted by Gasteiger charge is -2.27. The van der Waals surface area contributed by atoms with Crippen molar-refractivity contribution in [3.05, 3.63) is 28.5 Å². The summed E-state index contributed by atoms with van der Waals surface area (Å²) in [5.74, 6) is -2.82. The standard InChI is InChI=1S/C14H15BrFNO3/c15-11-7-8(16)5-6-12(11)17-13(18)9-3-1-2-4-10(9)14(19)20/h5-7,9-10H,1-4H2,(H,17,18)(H,19,20). The van der Waals surface area contributed by atoms with Gasteiger partial charge >= 0.3 is 5.97 Å². The molecule has 6 heteroatoms. The lowest BCUT2D eigenvalue weighted by molar-refractivity contribution is -0.147. The van der Waals surface area contributed by atoms with Crippen LogP contribution in [0.5, 0.6) is 0 Å². The van der Waals surface area contributed by atoms with Gasteiger partial charge in [-0.05, 0) is 47.0 Å². The fourth-order valence-electron chi connectivity index (χ4n) is 2.56. The quantitative estimate of drug-likeness (QED) is 0.883. The summed E-state index contributed by atoms with van der Waals surface area (Å²) in [5.41, 5.74) is 0.450. The Morgan fingerprint density at radius 2 is 1.90 bits per heavy atom. The minimum absolute atomic E-state index is 0.315. The number of benzene rings is 1. The van der Waals surface area contributed by atoms with Gasteiger partial charge in [0.05, 0.1) is 17.5 Å². The molecule has 0 spiro atoms. The molecule has 0 aromatic heterocycles. The molecule has 1 saturated carbocycles. The molecule has 0 radical (unpaired) electrons. The zero-order valence-corrected chi connectivity index (χ0v) is 12.3. The van der Waals surface area contributed by atoms with Gasteiger partial charge in [0.2, 0.25) is 5.91 Å². The molecule has 2 N–H and O–H groups in total. The van der Waals surface area contributed by atoms with E-state index in [0.717, 1.165) is 12.8 Å². The predicted molar refractivity (Wildman–Crippen MR) is 75.8 cm³/mol. The van der Waals surface area contributed by atoms with Crippen LogP contribution in [0.1, 0.15) is 25.7 Å². The number of rotatable bonds is 3. The Labute approximate surface area is 124 Å². The molecule has 1 amide bonds. The number of aliphatic carboxylic acids is 1. The van der Waals surface area contributed by atoms with Gasteiger partial charge in [0.15, 0.2) is 0 Å². The number of hydrogen-bond donors (Lipinski definition) is 2. The summed E-state index contributed by atoms with van der Waals surface area (Å²) in [5, 5.41) is 11.9. The van der Waals surface area contributed by atoms with Crippen molar-refractivity contribution in [2.75, 3.05) is 5.32 Å². The van der Waals surface area contributed by atoms with Gasteiger partial charge in [-0.15, -0.1) is 0 Å². The number of anilines is 1. The Kier molecular flexibility index (Phi) is 4.75. The van der Waals surface area contributed by atoms with Crippen molar-refractivity contribution in [2.24, 2.45) is 11.8 Å². The van der Waals surface area contributed by atoms with E-state index in [1.807, 2.05) is 0 Å². The van der Waals surface area contributed by atoms with Crippen LogP contribution in [0.15, 0.2) is 22.7 Å². The summed E-state index contributed by atoms with van der Waals surface area (Å²) in [6.45, 7) is 0.